The molecule has 1 unspecified atom stereocenters. The predicted octanol–water partition coefficient (Wildman–Crippen LogP) is 1.53. The lowest BCUT2D eigenvalue weighted by Crippen LogP contribution is -2.14. The molecule has 0 bridgehead atoms. The van der Waals surface area contributed by atoms with Gasteiger partial charge in [0.15, 0.2) is 0 Å². The highest BCUT2D eigenvalue weighted by atomic mass is 15.3. The number of nitrogens with one attached hydrogen (secondary N) is 1. The monoisotopic (exact) mass is 247 g/mol. The van der Waals surface area contributed by atoms with Crippen molar-refractivity contribution in [1.29, 1.82) is 0 Å². The van der Waals surface area contributed by atoms with E-state index in [0.29, 0.717) is 6.04 Å². The summed E-state index contributed by atoms with van der Waals surface area (Å²) in [5, 5.41) is 11.9. The van der Waals surface area contributed by atoms with Crippen LogP contribution >= 0.6 is 0 Å². The van der Waals surface area contributed by atoms with Crippen molar-refractivity contribution in [2.75, 3.05) is 7.05 Å². The summed E-state index contributed by atoms with van der Waals surface area (Å²) in [5.41, 5.74) is 2.50. The van der Waals surface area contributed by atoms with E-state index in [9.17, 15) is 0 Å². The normalized spacial score (nSPS) is 12.8. The SMILES string of the molecule is CCC(NC)c1cnn(CCc2cnn(C)c2)c1. The van der Waals surface area contributed by atoms with Crippen LogP contribution in [0.2, 0.25) is 0 Å². The number of rotatable bonds is 6. The van der Waals surface area contributed by atoms with Crippen LogP contribution in [0, 0.1) is 0 Å². The van der Waals surface area contributed by atoms with Gasteiger partial charge in [-0.2, -0.15) is 10.2 Å². The summed E-state index contributed by atoms with van der Waals surface area (Å²) in [6, 6.07) is 0.400. The molecule has 0 radical (unpaired) electrons. The van der Waals surface area contributed by atoms with E-state index in [2.05, 4.69) is 28.6 Å². The summed E-state index contributed by atoms with van der Waals surface area (Å²) in [4.78, 5) is 0. The third-order valence-corrected chi connectivity index (χ3v) is 3.20. The largest absolute Gasteiger partial charge is 0.313 e. The zero-order chi connectivity index (χ0) is 13.0. The van der Waals surface area contributed by atoms with Gasteiger partial charge in [0.1, 0.15) is 0 Å². The molecule has 0 aliphatic heterocycles. The van der Waals surface area contributed by atoms with Crippen LogP contribution in [0.25, 0.3) is 0 Å². The molecule has 0 amide bonds. The maximum Gasteiger partial charge on any atom is 0.0537 e. The molecule has 0 aromatic carbocycles. The Morgan fingerprint density at radius 1 is 1.28 bits per heavy atom. The van der Waals surface area contributed by atoms with Crippen LogP contribution in [0.15, 0.2) is 24.8 Å². The highest BCUT2D eigenvalue weighted by Crippen LogP contribution is 2.14. The van der Waals surface area contributed by atoms with Gasteiger partial charge in [-0.25, -0.2) is 0 Å². The average Bonchev–Trinajstić information content (AvgIpc) is 2.98. The van der Waals surface area contributed by atoms with E-state index in [4.69, 9.17) is 0 Å². The van der Waals surface area contributed by atoms with Crippen molar-refractivity contribution in [3.05, 3.63) is 35.9 Å². The molecule has 5 nitrogen and oxygen atoms in total. The molecule has 2 rings (SSSR count). The summed E-state index contributed by atoms with van der Waals surface area (Å²) < 4.78 is 3.83. The van der Waals surface area contributed by atoms with E-state index in [1.807, 2.05) is 42.0 Å². The lowest BCUT2D eigenvalue weighted by Gasteiger charge is -2.10. The van der Waals surface area contributed by atoms with Gasteiger partial charge in [-0.05, 0) is 25.5 Å². The fourth-order valence-electron chi connectivity index (χ4n) is 2.13. The Labute approximate surface area is 108 Å². The standard InChI is InChI=1S/C13H21N5/c1-4-13(14-2)12-8-16-18(10-12)6-5-11-7-15-17(3)9-11/h7-10,13-14H,4-6H2,1-3H3. The Kier molecular flexibility index (Phi) is 4.15. The van der Waals surface area contributed by atoms with Crippen LogP contribution in [-0.4, -0.2) is 26.6 Å². The molecule has 0 saturated carbocycles. The van der Waals surface area contributed by atoms with Crippen LogP contribution in [-0.2, 0) is 20.0 Å². The first-order chi connectivity index (χ1) is 8.72. The minimum absolute atomic E-state index is 0.400. The van der Waals surface area contributed by atoms with Crippen LogP contribution in [0.4, 0.5) is 0 Å². The molecule has 1 N–H and O–H groups in total. The van der Waals surface area contributed by atoms with E-state index >= 15 is 0 Å². The fourth-order valence-corrected chi connectivity index (χ4v) is 2.13. The van der Waals surface area contributed by atoms with Crippen LogP contribution in [0.1, 0.15) is 30.5 Å². The van der Waals surface area contributed by atoms with Crippen molar-refractivity contribution < 1.29 is 0 Å². The van der Waals surface area contributed by atoms with Gasteiger partial charge < -0.3 is 5.32 Å². The van der Waals surface area contributed by atoms with E-state index in [-0.39, 0.29) is 0 Å². The first-order valence-corrected chi connectivity index (χ1v) is 6.40. The molecule has 18 heavy (non-hydrogen) atoms. The van der Waals surface area contributed by atoms with Crippen molar-refractivity contribution >= 4 is 0 Å². The maximum absolute atomic E-state index is 4.40. The van der Waals surface area contributed by atoms with Crippen molar-refractivity contribution in [3.8, 4) is 0 Å². The molecule has 2 aromatic rings. The van der Waals surface area contributed by atoms with Gasteiger partial charge in [-0.15, -0.1) is 0 Å². The molecule has 0 aliphatic rings. The zero-order valence-corrected chi connectivity index (χ0v) is 11.3. The summed E-state index contributed by atoms with van der Waals surface area (Å²) in [6.07, 6.45) is 10.1. The van der Waals surface area contributed by atoms with Gasteiger partial charge in [-0.1, -0.05) is 6.92 Å². The van der Waals surface area contributed by atoms with Gasteiger partial charge in [0.05, 0.1) is 12.4 Å². The number of aromatic nitrogens is 4. The van der Waals surface area contributed by atoms with Crippen LogP contribution < -0.4 is 5.32 Å². The Hall–Kier alpha value is -1.62. The molecular formula is C13H21N5. The van der Waals surface area contributed by atoms with Crippen molar-refractivity contribution in [3.63, 3.8) is 0 Å². The number of aryl methyl sites for hydroxylation is 3. The molecule has 0 saturated heterocycles. The van der Waals surface area contributed by atoms with Gasteiger partial charge >= 0.3 is 0 Å². The molecule has 0 spiro atoms. The molecular weight excluding hydrogens is 226 g/mol. The predicted molar refractivity (Wildman–Crippen MR) is 71.2 cm³/mol. The van der Waals surface area contributed by atoms with E-state index in [0.717, 1.165) is 19.4 Å². The second kappa shape index (κ2) is 5.82. The summed E-state index contributed by atoms with van der Waals surface area (Å²) in [7, 11) is 3.93. The first-order valence-electron chi connectivity index (χ1n) is 6.40. The Balaban J connectivity index is 1.94. The minimum Gasteiger partial charge on any atom is -0.313 e. The highest BCUT2D eigenvalue weighted by Gasteiger charge is 2.08. The summed E-state index contributed by atoms with van der Waals surface area (Å²) >= 11 is 0. The molecule has 0 aliphatic carbocycles. The number of hydrogen-bond acceptors (Lipinski definition) is 3. The lowest BCUT2D eigenvalue weighted by atomic mass is 10.1. The number of nitrogens with zero attached hydrogens (tertiary/aromatic N) is 4. The Morgan fingerprint density at radius 2 is 2.11 bits per heavy atom. The lowest BCUT2D eigenvalue weighted by molar-refractivity contribution is 0.572. The first kappa shape index (κ1) is 12.8. The molecule has 5 heteroatoms. The van der Waals surface area contributed by atoms with Gasteiger partial charge in [0, 0.05) is 37.6 Å². The Bertz CT molecular complexity index is 481. The Morgan fingerprint density at radius 3 is 2.72 bits per heavy atom. The van der Waals surface area contributed by atoms with E-state index < -0.39 is 0 Å². The quantitative estimate of drug-likeness (QED) is 0.842. The van der Waals surface area contributed by atoms with Gasteiger partial charge in [0.25, 0.3) is 0 Å². The second-order valence-electron chi connectivity index (χ2n) is 4.56. The van der Waals surface area contributed by atoms with Gasteiger partial charge in [0.2, 0.25) is 0 Å². The fraction of sp³-hybridized carbons (Fsp3) is 0.538. The summed E-state index contributed by atoms with van der Waals surface area (Å²) in [5.74, 6) is 0. The van der Waals surface area contributed by atoms with E-state index in [1.54, 1.807) is 0 Å². The second-order valence-corrected chi connectivity index (χ2v) is 4.56. The molecule has 1 atom stereocenters. The smallest absolute Gasteiger partial charge is 0.0537 e. The average molecular weight is 247 g/mol. The molecule has 0 fully saturated rings. The topological polar surface area (TPSA) is 47.7 Å². The highest BCUT2D eigenvalue weighted by molar-refractivity contribution is 5.10. The zero-order valence-electron chi connectivity index (χ0n) is 11.3. The molecule has 98 valence electrons. The van der Waals surface area contributed by atoms with Crippen LogP contribution in [0.5, 0.6) is 0 Å². The van der Waals surface area contributed by atoms with Crippen LogP contribution in [0.3, 0.4) is 0 Å². The van der Waals surface area contributed by atoms with E-state index in [1.165, 1.54) is 11.1 Å². The summed E-state index contributed by atoms with van der Waals surface area (Å²) in [6.45, 7) is 3.07. The van der Waals surface area contributed by atoms with Crippen molar-refractivity contribution in [2.24, 2.45) is 7.05 Å². The maximum atomic E-state index is 4.40. The molecule has 2 aromatic heterocycles. The third-order valence-electron chi connectivity index (χ3n) is 3.20. The third kappa shape index (κ3) is 2.98. The number of hydrogen-bond donors (Lipinski definition) is 1. The van der Waals surface area contributed by atoms with Crippen molar-refractivity contribution in [2.45, 2.75) is 32.4 Å². The minimum atomic E-state index is 0.400. The van der Waals surface area contributed by atoms with Crippen molar-refractivity contribution in [1.82, 2.24) is 24.9 Å². The molecule has 2 heterocycles. The van der Waals surface area contributed by atoms with Gasteiger partial charge in [-0.3, -0.25) is 9.36 Å².